The van der Waals surface area contributed by atoms with Gasteiger partial charge in [0.05, 0.1) is 0 Å². The van der Waals surface area contributed by atoms with Gasteiger partial charge in [0.15, 0.2) is 0 Å². The lowest BCUT2D eigenvalue weighted by molar-refractivity contribution is 0.227. The van der Waals surface area contributed by atoms with Crippen molar-refractivity contribution >= 4 is 0 Å². The fraction of sp³-hybridized carbons (Fsp3) is 1.00. The van der Waals surface area contributed by atoms with Gasteiger partial charge in [0.2, 0.25) is 0 Å². The second-order valence-corrected chi connectivity index (χ2v) is 6.24. The topological polar surface area (TPSA) is 0 Å². The highest BCUT2D eigenvalue weighted by Gasteiger charge is 2.22. The third-order valence-corrected chi connectivity index (χ3v) is 4.41. The van der Waals surface area contributed by atoms with E-state index in [9.17, 15) is 0 Å². The van der Waals surface area contributed by atoms with Crippen LogP contribution in [0.1, 0.15) is 97.3 Å². The molecule has 0 heteroatoms. The molecule has 0 nitrogen and oxygen atoms in total. The minimum Gasteiger partial charge on any atom is -0.0654 e. The Morgan fingerprint density at radius 1 is 0.688 bits per heavy atom. The zero-order valence-corrected chi connectivity index (χ0v) is 11.7. The van der Waals surface area contributed by atoms with Gasteiger partial charge in [0, 0.05) is 0 Å². The molecule has 16 heavy (non-hydrogen) atoms. The molecule has 0 saturated heterocycles. The van der Waals surface area contributed by atoms with E-state index in [1.807, 2.05) is 0 Å². The lowest BCUT2D eigenvalue weighted by Crippen LogP contribution is -2.16. The lowest BCUT2D eigenvalue weighted by Gasteiger charge is -2.30. The minimum atomic E-state index is 0.675. The summed E-state index contributed by atoms with van der Waals surface area (Å²) in [4.78, 5) is 0. The maximum Gasteiger partial charge on any atom is -0.0326 e. The predicted molar refractivity (Wildman–Crippen MR) is 73.8 cm³/mol. The molecular weight excluding hydrogens is 192 g/mol. The van der Waals surface area contributed by atoms with Gasteiger partial charge >= 0.3 is 0 Å². The van der Waals surface area contributed by atoms with Gasteiger partial charge in [-0.3, -0.25) is 0 Å². The summed E-state index contributed by atoms with van der Waals surface area (Å²) < 4.78 is 0. The maximum atomic E-state index is 2.54. The van der Waals surface area contributed by atoms with Crippen LogP contribution in [0.3, 0.4) is 0 Å². The molecule has 0 atom stereocenters. The predicted octanol–water partition coefficient (Wildman–Crippen LogP) is 6.10. The van der Waals surface area contributed by atoms with Crippen LogP contribution in [0.4, 0.5) is 0 Å². The summed E-state index contributed by atoms with van der Waals surface area (Å²) in [6.45, 7) is 4.89. The molecule has 0 heterocycles. The van der Waals surface area contributed by atoms with Gasteiger partial charge in [0.25, 0.3) is 0 Å². The van der Waals surface area contributed by atoms with Gasteiger partial charge in [0.1, 0.15) is 0 Å². The Labute approximate surface area is 103 Å². The van der Waals surface area contributed by atoms with Crippen LogP contribution in [0.15, 0.2) is 0 Å². The minimum absolute atomic E-state index is 0.675. The van der Waals surface area contributed by atoms with E-state index < -0.39 is 0 Å². The molecule has 1 saturated carbocycles. The summed E-state index contributed by atoms with van der Waals surface area (Å²) >= 11 is 0. The van der Waals surface area contributed by atoms with Crippen LogP contribution in [0, 0.1) is 5.41 Å². The quantitative estimate of drug-likeness (QED) is 0.532. The Hall–Kier alpha value is 0. The largest absolute Gasteiger partial charge is 0.0654 e. The van der Waals surface area contributed by atoms with Crippen molar-refractivity contribution in [1.29, 1.82) is 0 Å². The second kappa shape index (κ2) is 8.14. The van der Waals surface area contributed by atoms with Crippen LogP contribution in [-0.4, -0.2) is 0 Å². The summed E-state index contributed by atoms with van der Waals surface area (Å²) in [6.07, 6.45) is 19.2. The van der Waals surface area contributed by atoms with Gasteiger partial charge in [-0.05, 0) is 24.7 Å². The van der Waals surface area contributed by atoms with Crippen molar-refractivity contribution in [3.05, 3.63) is 0 Å². The molecule has 0 aromatic heterocycles. The molecule has 1 aliphatic rings. The standard InChI is InChI=1S/C16H32/c1-3-13-16(2)14-11-9-7-5-4-6-8-10-12-15-16/h3-15H2,1-2H3. The molecule has 0 N–H and O–H groups in total. The highest BCUT2D eigenvalue weighted by atomic mass is 14.3. The first-order valence-corrected chi connectivity index (χ1v) is 7.77. The molecule has 0 aliphatic heterocycles. The Morgan fingerprint density at radius 2 is 1.06 bits per heavy atom. The molecule has 1 fully saturated rings. The van der Waals surface area contributed by atoms with Crippen LogP contribution < -0.4 is 0 Å². The van der Waals surface area contributed by atoms with E-state index in [4.69, 9.17) is 0 Å². The van der Waals surface area contributed by atoms with Crippen molar-refractivity contribution in [3.63, 3.8) is 0 Å². The Kier molecular flexibility index (Phi) is 7.16. The highest BCUT2D eigenvalue weighted by Crippen LogP contribution is 2.36. The average Bonchev–Trinajstić information content (AvgIpc) is 2.24. The Balaban J connectivity index is 2.35. The second-order valence-electron chi connectivity index (χ2n) is 6.24. The fourth-order valence-electron chi connectivity index (χ4n) is 3.32. The SMILES string of the molecule is CCCC1(C)CCCCCCCCCCC1. The van der Waals surface area contributed by atoms with Crippen LogP contribution >= 0.6 is 0 Å². The van der Waals surface area contributed by atoms with Crippen molar-refractivity contribution in [2.24, 2.45) is 5.41 Å². The fourth-order valence-corrected chi connectivity index (χ4v) is 3.32. The van der Waals surface area contributed by atoms with Gasteiger partial charge < -0.3 is 0 Å². The van der Waals surface area contributed by atoms with E-state index >= 15 is 0 Å². The van der Waals surface area contributed by atoms with E-state index in [1.54, 1.807) is 0 Å². The molecular formula is C16H32. The van der Waals surface area contributed by atoms with E-state index in [0.29, 0.717) is 5.41 Å². The van der Waals surface area contributed by atoms with Gasteiger partial charge in [-0.15, -0.1) is 0 Å². The van der Waals surface area contributed by atoms with Gasteiger partial charge in [-0.1, -0.05) is 78.1 Å². The highest BCUT2D eigenvalue weighted by molar-refractivity contribution is 4.74. The Morgan fingerprint density at radius 3 is 1.44 bits per heavy atom. The van der Waals surface area contributed by atoms with Gasteiger partial charge in [-0.2, -0.15) is 0 Å². The van der Waals surface area contributed by atoms with Crippen molar-refractivity contribution in [3.8, 4) is 0 Å². The van der Waals surface area contributed by atoms with Crippen LogP contribution in [0.25, 0.3) is 0 Å². The third kappa shape index (κ3) is 5.92. The van der Waals surface area contributed by atoms with E-state index in [0.717, 1.165) is 0 Å². The molecule has 96 valence electrons. The van der Waals surface area contributed by atoms with E-state index in [-0.39, 0.29) is 0 Å². The monoisotopic (exact) mass is 224 g/mol. The zero-order chi connectivity index (χ0) is 11.7. The summed E-state index contributed by atoms with van der Waals surface area (Å²) in [5.74, 6) is 0. The zero-order valence-electron chi connectivity index (χ0n) is 11.7. The van der Waals surface area contributed by atoms with Crippen LogP contribution in [0.2, 0.25) is 0 Å². The van der Waals surface area contributed by atoms with Crippen molar-refractivity contribution in [1.82, 2.24) is 0 Å². The first-order valence-electron chi connectivity index (χ1n) is 7.77. The summed E-state index contributed by atoms with van der Waals surface area (Å²) in [6, 6.07) is 0. The van der Waals surface area contributed by atoms with E-state index in [1.165, 1.54) is 83.5 Å². The lowest BCUT2D eigenvalue weighted by atomic mass is 9.76. The third-order valence-electron chi connectivity index (χ3n) is 4.41. The molecule has 0 spiro atoms. The molecule has 0 bridgehead atoms. The van der Waals surface area contributed by atoms with Crippen molar-refractivity contribution in [2.75, 3.05) is 0 Å². The van der Waals surface area contributed by atoms with Crippen LogP contribution in [0.5, 0.6) is 0 Å². The first kappa shape index (κ1) is 14.1. The molecule has 1 rings (SSSR count). The van der Waals surface area contributed by atoms with E-state index in [2.05, 4.69) is 13.8 Å². The normalized spacial score (nSPS) is 24.4. The van der Waals surface area contributed by atoms with Crippen molar-refractivity contribution in [2.45, 2.75) is 97.3 Å². The molecule has 0 unspecified atom stereocenters. The van der Waals surface area contributed by atoms with Crippen LogP contribution in [-0.2, 0) is 0 Å². The van der Waals surface area contributed by atoms with Gasteiger partial charge in [-0.25, -0.2) is 0 Å². The average molecular weight is 224 g/mol. The number of hydrogen-bond acceptors (Lipinski definition) is 0. The molecule has 0 amide bonds. The number of hydrogen-bond donors (Lipinski definition) is 0. The molecule has 1 aliphatic carbocycles. The van der Waals surface area contributed by atoms with Crippen molar-refractivity contribution < 1.29 is 0 Å². The first-order chi connectivity index (χ1) is 7.77. The maximum absolute atomic E-state index is 2.54. The molecule has 0 aromatic carbocycles. The summed E-state index contributed by atoms with van der Waals surface area (Å²) in [7, 11) is 0. The summed E-state index contributed by atoms with van der Waals surface area (Å²) in [5.41, 5.74) is 0.675. The smallest absolute Gasteiger partial charge is 0.0326 e. The molecule has 0 aromatic rings. The molecule has 0 radical (unpaired) electrons. The Bertz CT molecular complexity index is 147. The summed E-state index contributed by atoms with van der Waals surface area (Å²) in [5, 5.41) is 0. The number of rotatable bonds is 2.